The first-order valence-corrected chi connectivity index (χ1v) is 7.80. The fourth-order valence-electron chi connectivity index (χ4n) is 2.54. The molecule has 3 nitrogen and oxygen atoms in total. The van der Waals surface area contributed by atoms with Gasteiger partial charge in [0.1, 0.15) is 0 Å². The number of aryl methyl sites for hydroxylation is 1. The topological polar surface area (TPSA) is 49.3 Å². The molecule has 21 heavy (non-hydrogen) atoms. The number of carbonyl (C=O) groups excluding carboxylic acids is 1. The summed E-state index contributed by atoms with van der Waals surface area (Å²) in [6.07, 6.45) is 1.33. The molecule has 1 aromatic rings. The molecule has 118 valence electrons. The molecular weight excluding hydrogens is 262 g/mol. The predicted octanol–water partition coefficient (Wildman–Crippen LogP) is 3.27. The minimum atomic E-state index is -0.351. The zero-order valence-electron chi connectivity index (χ0n) is 13.9. The maximum atomic E-state index is 12.3. The summed E-state index contributed by atoms with van der Waals surface area (Å²) >= 11 is 0. The van der Waals surface area contributed by atoms with Crippen molar-refractivity contribution < 1.29 is 9.90 Å². The summed E-state index contributed by atoms with van der Waals surface area (Å²) in [5, 5.41) is 12.5. The first-order valence-electron chi connectivity index (χ1n) is 7.80. The van der Waals surface area contributed by atoms with Crippen molar-refractivity contribution in [3.63, 3.8) is 0 Å². The van der Waals surface area contributed by atoms with Gasteiger partial charge in [0.15, 0.2) is 0 Å². The van der Waals surface area contributed by atoms with Crippen LogP contribution in [-0.4, -0.2) is 23.7 Å². The smallest absolute Gasteiger partial charge is 0.227 e. The van der Waals surface area contributed by atoms with Gasteiger partial charge in [-0.1, -0.05) is 45.0 Å². The van der Waals surface area contributed by atoms with Gasteiger partial charge in [0.05, 0.1) is 12.0 Å². The van der Waals surface area contributed by atoms with E-state index in [9.17, 15) is 9.90 Å². The Kier molecular flexibility index (Phi) is 6.41. The SMILES string of the molecule is CCc1ccc(C(C)C(=O)NCC(C)(C)CC(C)O)cc1. The molecule has 1 amide bonds. The van der Waals surface area contributed by atoms with E-state index in [0.717, 1.165) is 12.0 Å². The Morgan fingerprint density at radius 2 is 1.81 bits per heavy atom. The molecular formula is C18H29NO2. The summed E-state index contributed by atoms with van der Waals surface area (Å²) in [5.41, 5.74) is 2.22. The van der Waals surface area contributed by atoms with Gasteiger partial charge in [-0.25, -0.2) is 0 Å². The van der Waals surface area contributed by atoms with Gasteiger partial charge in [-0.2, -0.15) is 0 Å². The van der Waals surface area contributed by atoms with Crippen molar-refractivity contribution >= 4 is 5.91 Å². The van der Waals surface area contributed by atoms with Crippen molar-refractivity contribution in [2.24, 2.45) is 5.41 Å². The van der Waals surface area contributed by atoms with Crippen molar-refractivity contribution in [2.75, 3.05) is 6.54 Å². The monoisotopic (exact) mass is 291 g/mol. The minimum absolute atomic E-state index is 0.0397. The number of carbonyl (C=O) groups is 1. The normalized spacial score (nSPS) is 14.6. The summed E-state index contributed by atoms with van der Waals surface area (Å²) in [6, 6.07) is 8.22. The molecule has 2 atom stereocenters. The molecule has 0 radical (unpaired) electrons. The molecule has 0 saturated heterocycles. The van der Waals surface area contributed by atoms with E-state index in [-0.39, 0.29) is 23.3 Å². The van der Waals surface area contributed by atoms with Crippen LogP contribution in [-0.2, 0) is 11.2 Å². The number of hydrogen-bond donors (Lipinski definition) is 2. The largest absolute Gasteiger partial charge is 0.393 e. The predicted molar refractivity (Wildman–Crippen MR) is 87.3 cm³/mol. The Hall–Kier alpha value is -1.35. The van der Waals surface area contributed by atoms with E-state index < -0.39 is 0 Å². The Morgan fingerprint density at radius 1 is 1.24 bits per heavy atom. The fourth-order valence-corrected chi connectivity index (χ4v) is 2.54. The number of nitrogens with one attached hydrogen (secondary N) is 1. The molecule has 0 spiro atoms. The Labute approximate surface area is 128 Å². The zero-order valence-corrected chi connectivity index (χ0v) is 13.9. The lowest BCUT2D eigenvalue weighted by atomic mass is 9.86. The third kappa shape index (κ3) is 5.88. The van der Waals surface area contributed by atoms with Gasteiger partial charge < -0.3 is 10.4 Å². The molecule has 2 N–H and O–H groups in total. The van der Waals surface area contributed by atoms with Crippen LogP contribution >= 0.6 is 0 Å². The average molecular weight is 291 g/mol. The lowest BCUT2D eigenvalue weighted by Crippen LogP contribution is -2.37. The highest BCUT2D eigenvalue weighted by Gasteiger charge is 2.23. The third-order valence-corrected chi connectivity index (χ3v) is 3.87. The molecule has 0 fully saturated rings. The van der Waals surface area contributed by atoms with E-state index in [1.165, 1.54) is 5.56 Å². The van der Waals surface area contributed by atoms with Gasteiger partial charge in [0, 0.05) is 6.54 Å². The first-order chi connectivity index (χ1) is 9.75. The Bertz CT molecular complexity index is 449. The highest BCUT2D eigenvalue weighted by molar-refractivity contribution is 5.83. The maximum absolute atomic E-state index is 12.3. The van der Waals surface area contributed by atoms with Crippen molar-refractivity contribution in [2.45, 2.75) is 59.5 Å². The van der Waals surface area contributed by atoms with Crippen molar-refractivity contribution in [1.82, 2.24) is 5.32 Å². The van der Waals surface area contributed by atoms with Crippen molar-refractivity contribution in [3.05, 3.63) is 35.4 Å². The number of aliphatic hydroxyl groups excluding tert-OH is 1. The minimum Gasteiger partial charge on any atom is -0.393 e. The second-order valence-electron chi connectivity index (χ2n) is 6.75. The van der Waals surface area contributed by atoms with E-state index in [0.29, 0.717) is 13.0 Å². The summed E-state index contributed by atoms with van der Waals surface area (Å²) in [5.74, 6) is -0.115. The number of benzene rings is 1. The fraction of sp³-hybridized carbons (Fsp3) is 0.611. The van der Waals surface area contributed by atoms with Crippen LogP contribution in [0.2, 0.25) is 0 Å². The molecule has 0 bridgehead atoms. The second-order valence-corrected chi connectivity index (χ2v) is 6.75. The van der Waals surface area contributed by atoms with Crippen LogP contribution in [0, 0.1) is 5.41 Å². The maximum Gasteiger partial charge on any atom is 0.227 e. The molecule has 2 unspecified atom stereocenters. The van der Waals surface area contributed by atoms with Gasteiger partial charge in [-0.15, -0.1) is 0 Å². The summed E-state index contributed by atoms with van der Waals surface area (Å²) < 4.78 is 0. The van der Waals surface area contributed by atoms with Crippen molar-refractivity contribution in [3.8, 4) is 0 Å². The molecule has 0 aliphatic carbocycles. The van der Waals surface area contributed by atoms with Crippen LogP contribution in [0.25, 0.3) is 0 Å². The van der Waals surface area contributed by atoms with Crippen LogP contribution in [0.5, 0.6) is 0 Å². The molecule has 0 aliphatic rings. The second kappa shape index (κ2) is 7.60. The summed E-state index contributed by atoms with van der Waals surface area (Å²) in [6.45, 7) is 10.5. The molecule has 3 heteroatoms. The quantitative estimate of drug-likeness (QED) is 0.810. The van der Waals surface area contributed by atoms with Crippen LogP contribution < -0.4 is 5.32 Å². The Morgan fingerprint density at radius 3 is 2.29 bits per heavy atom. The standard InChI is InChI=1S/C18H29NO2/c1-6-15-7-9-16(10-8-15)14(3)17(21)19-12-18(4,5)11-13(2)20/h7-10,13-14,20H,6,11-12H2,1-5H3,(H,19,21). The van der Waals surface area contributed by atoms with E-state index in [1.807, 2.05) is 19.1 Å². The number of rotatable bonds is 7. The van der Waals surface area contributed by atoms with Crippen LogP contribution in [0.3, 0.4) is 0 Å². The summed E-state index contributed by atoms with van der Waals surface area (Å²) in [4.78, 5) is 12.3. The van der Waals surface area contributed by atoms with Gasteiger partial charge in [-0.3, -0.25) is 4.79 Å². The van der Waals surface area contributed by atoms with Crippen LogP contribution in [0.4, 0.5) is 0 Å². The highest BCUT2D eigenvalue weighted by atomic mass is 16.3. The van der Waals surface area contributed by atoms with Crippen molar-refractivity contribution in [1.29, 1.82) is 0 Å². The lowest BCUT2D eigenvalue weighted by molar-refractivity contribution is -0.122. The molecule has 0 saturated carbocycles. The van der Waals surface area contributed by atoms with E-state index >= 15 is 0 Å². The molecule has 1 aromatic carbocycles. The zero-order chi connectivity index (χ0) is 16.0. The molecule has 1 rings (SSSR count). The molecule has 0 aromatic heterocycles. The van der Waals surface area contributed by atoms with Crippen LogP contribution in [0.15, 0.2) is 24.3 Å². The van der Waals surface area contributed by atoms with E-state index in [4.69, 9.17) is 0 Å². The van der Waals surface area contributed by atoms with Crippen LogP contribution in [0.1, 0.15) is 58.1 Å². The number of aliphatic hydroxyl groups is 1. The Balaban J connectivity index is 2.58. The first kappa shape index (κ1) is 17.7. The molecule has 0 heterocycles. The van der Waals surface area contributed by atoms with Gasteiger partial charge in [0.2, 0.25) is 5.91 Å². The highest BCUT2D eigenvalue weighted by Crippen LogP contribution is 2.22. The van der Waals surface area contributed by atoms with Gasteiger partial charge in [0.25, 0.3) is 0 Å². The molecule has 0 aliphatic heterocycles. The lowest BCUT2D eigenvalue weighted by Gasteiger charge is -2.27. The summed E-state index contributed by atoms with van der Waals surface area (Å²) in [7, 11) is 0. The number of amides is 1. The third-order valence-electron chi connectivity index (χ3n) is 3.87. The van der Waals surface area contributed by atoms with Gasteiger partial charge in [-0.05, 0) is 43.2 Å². The van der Waals surface area contributed by atoms with E-state index in [2.05, 4.69) is 38.2 Å². The van der Waals surface area contributed by atoms with Gasteiger partial charge >= 0.3 is 0 Å². The van der Waals surface area contributed by atoms with E-state index in [1.54, 1.807) is 6.92 Å². The number of hydrogen-bond acceptors (Lipinski definition) is 2. The average Bonchev–Trinajstić information content (AvgIpc) is 2.43.